The van der Waals surface area contributed by atoms with Gasteiger partial charge in [0.1, 0.15) is 23.1 Å². The molecule has 0 aliphatic heterocycles. The van der Waals surface area contributed by atoms with Crippen LogP contribution in [0.1, 0.15) is 46.4 Å². The molecule has 0 unspecified atom stereocenters. The van der Waals surface area contributed by atoms with E-state index in [1.807, 2.05) is 36.4 Å². The van der Waals surface area contributed by atoms with Gasteiger partial charge in [0.25, 0.3) is 0 Å². The van der Waals surface area contributed by atoms with Gasteiger partial charge in [-0.15, -0.1) is 0 Å². The molecule has 130 valence electrons. The summed E-state index contributed by atoms with van der Waals surface area (Å²) < 4.78 is 5.39. The number of hydrogen-bond acceptors (Lipinski definition) is 5. The highest BCUT2D eigenvalue weighted by molar-refractivity contribution is 5.91. The maximum atomic E-state index is 11.8. The average molecular weight is 345 g/mol. The lowest BCUT2D eigenvalue weighted by molar-refractivity contribution is 0.111. The van der Waals surface area contributed by atoms with E-state index >= 15 is 0 Å². The first kappa shape index (κ1) is 16.3. The van der Waals surface area contributed by atoms with Gasteiger partial charge in [0.15, 0.2) is 6.29 Å². The number of rotatable bonds is 7. The SMILES string of the molecule is C=Cc1ccc(-c2c(C=O)nc(C3CC3)nc2NCc2ccco2)cc1. The van der Waals surface area contributed by atoms with Crippen molar-refractivity contribution in [3.63, 3.8) is 0 Å². The highest BCUT2D eigenvalue weighted by Crippen LogP contribution is 2.40. The van der Waals surface area contributed by atoms with Crippen LogP contribution in [0.4, 0.5) is 5.82 Å². The summed E-state index contributed by atoms with van der Waals surface area (Å²) in [6.07, 6.45) is 6.38. The Kier molecular flexibility index (Phi) is 4.35. The molecule has 1 aliphatic carbocycles. The van der Waals surface area contributed by atoms with Gasteiger partial charge in [-0.1, -0.05) is 36.9 Å². The molecular weight excluding hydrogens is 326 g/mol. The summed E-state index contributed by atoms with van der Waals surface area (Å²) in [5.74, 6) is 2.56. The van der Waals surface area contributed by atoms with Crippen molar-refractivity contribution in [1.82, 2.24) is 9.97 Å². The van der Waals surface area contributed by atoms with Gasteiger partial charge in [-0.3, -0.25) is 4.79 Å². The molecule has 0 radical (unpaired) electrons. The molecular formula is C21H19N3O2. The van der Waals surface area contributed by atoms with Crippen molar-refractivity contribution in [3.8, 4) is 11.1 Å². The van der Waals surface area contributed by atoms with Crippen molar-refractivity contribution in [3.05, 3.63) is 72.1 Å². The Bertz CT molecular complexity index is 927. The van der Waals surface area contributed by atoms with Crippen LogP contribution in [0.5, 0.6) is 0 Å². The molecule has 4 rings (SSSR count). The Balaban J connectivity index is 1.77. The van der Waals surface area contributed by atoms with Gasteiger partial charge in [0, 0.05) is 5.92 Å². The fraction of sp³-hybridized carbons (Fsp3) is 0.190. The minimum Gasteiger partial charge on any atom is -0.467 e. The Morgan fingerprint density at radius 1 is 1.19 bits per heavy atom. The minimum atomic E-state index is 0.357. The number of carbonyl (C=O) groups excluding carboxylic acids is 1. The van der Waals surface area contributed by atoms with Crippen LogP contribution >= 0.6 is 0 Å². The molecule has 5 heteroatoms. The van der Waals surface area contributed by atoms with Gasteiger partial charge >= 0.3 is 0 Å². The summed E-state index contributed by atoms with van der Waals surface area (Å²) in [5, 5.41) is 3.32. The molecule has 2 heterocycles. The fourth-order valence-electron chi connectivity index (χ4n) is 2.89. The first-order chi connectivity index (χ1) is 12.8. The standard InChI is InChI=1S/C21H19N3O2/c1-2-14-5-7-15(8-6-14)19-18(13-25)23-20(16-9-10-16)24-21(19)22-12-17-4-3-11-26-17/h2-8,11,13,16H,1,9-10,12H2,(H,22,23,24). The van der Waals surface area contributed by atoms with Crippen LogP contribution in [0.15, 0.2) is 53.7 Å². The number of nitrogens with one attached hydrogen (secondary N) is 1. The average Bonchev–Trinajstić information content (AvgIpc) is 3.41. The molecule has 1 aliphatic rings. The molecule has 0 saturated heterocycles. The highest BCUT2D eigenvalue weighted by Gasteiger charge is 2.29. The van der Waals surface area contributed by atoms with Crippen molar-refractivity contribution in [1.29, 1.82) is 0 Å². The monoisotopic (exact) mass is 345 g/mol. The summed E-state index contributed by atoms with van der Waals surface area (Å²) in [4.78, 5) is 21.0. The lowest BCUT2D eigenvalue weighted by Gasteiger charge is -2.14. The number of furan rings is 1. The van der Waals surface area contributed by atoms with Crippen LogP contribution in [0.2, 0.25) is 0 Å². The first-order valence-corrected chi connectivity index (χ1v) is 8.64. The maximum Gasteiger partial charge on any atom is 0.169 e. The summed E-state index contributed by atoms with van der Waals surface area (Å²) in [7, 11) is 0. The summed E-state index contributed by atoms with van der Waals surface area (Å²) >= 11 is 0. The predicted octanol–water partition coefficient (Wildman–Crippen LogP) is 4.68. The fourth-order valence-corrected chi connectivity index (χ4v) is 2.89. The Morgan fingerprint density at radius 3 is 2.62 bits per heavy atom. The second-order valence-corrected chi connectivity index (χ2v) is 6.34. The topological polar surface area (TPSA) is 68.0 Å². The molecule has 0 spiro atoms. The van der Waals surface area contributed by atoms with Crippen LogP contribution in [0.3, 0.4) is 0 Å². The van der Waals surface area contributed by atoms with E-state index in [1.165, 1.54) is 0 Å². The van der Waals surface area contributed by atoms with E-state index < -0.39 is 0 Å². The third kappa shape index (κ3) is 3.28. The number of anilines is 1. The van der Waals surface area contributed by atoms with Crippen LogP contribution in [0, 0.1) is 0 Å². The molecule has 5 nitrogen and oxygen atoms in total. The van der Waals surface area contributed by atoms with Crippen LogP contribution in [-0.4, -0.2) is 16.3 Å². The van der Waals surface area contributed by atoms with E-state index in [1.54, 1.807) is 12.3 Å². The van der Waals surface area contributed by atoms with Crippen LogP contribution in [0.25, 0.3) is 17.2 Å². The molecule has 1 N–H and O–H groups in total. The van der Waals surface area contributed by atoms with Crippen molar-refractivity contribution in [2.24, 2.45) is 0 Å². The van der Waals surface area contributed by atoms with Crippen LogP contribution in [-0.2, 0) is 6.54 Å². The highest BCUT2D eigenvalue weighted by atomic mass is 16.3. The zero-order chi connectivity index (χ0) is 17.9. The molecule has 2 aromatic heterocycles. The van der Waals surface area contributed by atoms with E-state index in [2.05, 4.69) is 16.9 Å². The number of carbonyl (C=O) groups is 1. The predicted molar refractivity (Wildman–Crippen MR) is 101 cm³/mol. The molecule has 1 fully saturated rings. The molecule has 1 saturated carbocycles. The third-order valence-electron chi connectivity index (χ3n) is 4.45. The molecule has 0 bridgehead atoms. The van der Waals surface area contributed by atoms with Gasteiger partial charge in [-0.25, -0.2) is 9.97 Å². The van der Waals surface area contributed by atoms with Crippen molar-refractivity contribution in [2.45, 2.75) is 25.3 Å². The first-order valence-electron chi connectivity index (χ1n) is 8.64. The zero-order valence-corrected chi connectivity index (χ0v) is 14.3. The lowest BCUT2D eigenvalue weighted by atomic mass is 10.0. The molecule has 1 aromatic carbocycles. The Hall–Kier alpha value is -3.21. The smallest absolute Gasteiger partial charge is 0.169 e. The number of aromatic nitrogens is 2. The Morgan fingerprint density at radius 2 is 2.00 bits per heavy atom. The second kappa shape index (κ2) is 6.96. The molecule has 3 aromatic rings. The summed E-state index contributed by atoms with van der Waals surface area (Å²) in [6, 6.07) is 11.6. The summed E-state index contributed by atoms with van der Waals surface area (Å²) in [6.45, 7) is 4.27. The quantitative estimate of drug-likeness (QED) is 0.630. The van der Waals surface area contributed by atoms with Gasteiger partial charge in [0.2, 0.25) is 0 Å². The van der Waals surface area contributed by atoms with Gasteiger partial charge in [0.05, 0.1) is 18.4 Å². The second-order valence-electron chi connectivity index (χ2n) is 6.34. The van der Waals surface area contributed by atoms with E-state index in [0.717, 1.165) is 41.8 Å². The minimum absolute atomic E-state index is 0.357. The third-order valence-corrected chi connectivity index (χ3v) is 4.45. The lowest BCUT2D eigenvalue weighted by Crippen LogP contribution is -2.09. The Labute approximate surface area is 151 Å². The zero-order valence-electron chi connectivity index (χ0n) is 14.3. The normalized spacial score (nSPS) is 13.4. The van der Waals surface area contributed by atoms with Gasteiger partial charge < -0.3 is 9.73 Å². The molecule has 26 heavy (non-hydrogen) atoms. The number of nitrogens with zero attached hydrogens (tertiary/aromatic N) is 2. The number of aldehydes is 1. The number of benzene rings is 1. The maximum absolute atomic E-state index is 11.8. The molecule has 0 atom stereocenters. The number of hydrogen-bond donors (Lipinski definition) is 1. The van der Waals surface area contributed by atoms with E-state index in [0.29, 0.717) is 29.5 Å². The van der Waals surface area contributed by atoms with E-state index in [-0.39, 0.29) is 0 Å². The van der Waals surface area contributed by atoms with Gasteiger partial charge in [-0.05, 0) is 36.1 Å². The van der Waals surface area contributed by atoms with Crippen molar-refractivity contribution >= 4 is 18.2 Å². The van der Waals surface area contributed by atoms with Crippen molar-refractivity contribution < 1.29 is 9.21 Å². The van der Waals surface area contributed by atoms with E-state index in [4.69, 9.17) is 9.40 Å². The largest absolute Gasteiger partial charge is 0.467 e. The molecule has 0 amide bonds. The summed E-state index contributed by atoms with van der Waals surface area (Å²) in [5.41, 5.74) is 3.03. The van der Waals surface area contributed by atoms with E-state index in [9.17, 15) is 4.79 Å². The van der Waals surface area contributed by atoms with Crippen LogP contribution < -0.4 is 5.32 Å². The van der Waals surface area contributed by atoms with Gasteiger partial charge in [-0.2, -0.15) is 0 Å². The van der Waals surface area contributed by atoms with Crippen molar-refractivity contribution in [2.75, 3.05) is 5.32 Å².